The molecule has 92 valence electrons. The van der Waals surface area contributed by atoms with Crippen molar-refractivity contribution in [3.63, 3.8) is 0 Å². The second kappa shape index (κ2) is 5.14. The van der Waals surface area contributed by atoms with E-state index in [1.54, 1.807) is 0 Å². The number of nitrogens with zero attached hydrogens (tertiary/aromatic N) is 2. The summed E-state index contributed by atoms with van der Waals surface area (Å²) in [6.45, 7) is 1.99. The lowest BCUT2D eigenvalue weighted by atomic mass is 10.1. The number of anilines is 1. The van der Waals surface area contributed by atoms with Gasteiger partial charge in [-0.1, -0.05) is 30.3 Å². The molecule has 1 aromatic carbocycles. The van der Waals surface area contributed by atoms with Gasteiger partial charge in [0, 0.05) is 31.9 Å². The van der Waals surface area contributed by atoms with Crippen molar-refractivity contribution >= 4 is 5.95 Å². The van der Waals surface area contributed by atoms with Crippen LogP contribution < -0.4 is 10.6 Å². The van der Waals surface area contributed by atoms with E-state index in [0.717, 1.165) is 31.0 Å². The highest BCUT2D eigenvalue weighted by Gasteiger charge is 2.16. The van der Waals surface area contributed by atoms with Crippen LogP contribution in [0.2, 0.25) is 0 Å². The van der Waals surface area contributed by atoms with Crippen molar-refractivity contribution in [3.05, 3.63) is 53.9 Å². The first-order valence-corrected chi connectivity index (χ1v) is 6.22. The van der Waals surface area contributed by atoms with E-state index >= 15 is 0 Å². The molecule has 0 saturated carbocycles. The molecule has 0 radical (unpaired) electrons. The molecule has 1 fully saturated rings. The van der Waals surface area contributed by atoms with Gasteiger partial charge in [0.25, 0.3) is 0 Å². The Labute approximate surface area is 106 Å². The highest BCUT2D eigenvalue weighted by molar-refractivity contribution is 5.30. The van der Waals surface area contributed by atoms with Gasteiger partial charge in [0.1, 0.15) is 0 Å². The molecular formula is C14H16N4. The molecule has 2 N–H and O–H groups in total. The summed E-state index contributed by atoms with van der Waals surface area (Å²) in [6.07, 6.45) is 4.68. The Hall–Kier alpha value is -1.94. The van der Waals surface area contributed by atoms with E-state index in [2.05, 4.69) is 44.9 Å². The number of rotatable bonds is 4. The third kappa shape index (κ3) is 2.65. The molecule has 2 aromatic rings. The zero-order valence-corrected chi connectivity index (χ0v) is 10.1. The van der Waals surface area contributed by atoms with E-state index in [0.29, 0.717) is 6.04 Å². The molecule has 18 heavy (non-hydrogen) atoms. The van der Waals surface area contributed by atoms with E-state index < -0.39 is 0 Å². The Morgan fingerprint density at radius 1 is 1.06 bits per heavy atom. The Morgan fingerprint density at radius 3 is 2.39 bits per heavy atom. The molecule has 1 saturated heterocycles. The maximum Gasteiger partial charge on any atom is 0.222 e. The van der Waals surface area contributed by atoms with Gasteiger partial charge in [-0.15, -0.1) is 0 Å². The topological polar surface area (TPSA) is 49.8 Å². The molecule has 1 aliphatic rings. The van der Waals surface area contributed by atoms with Gasteiger partial charge in [-0.3, -0.25) is 0 Å². The first kappa shape index (κ1) is 11.2. The summed E-state index contributed by atoms with van der Waals surface area (Å²) in [7, 11) is 0. The summed E-state index contributed by atoms with van der Waals surface area (Å²) in [5.74, 6) is 0.721. The van der Waals surface area contributed by atoms with E-state index in [9.17, 15) is 0 Å². The zero-order chi connectivity index (χ0) is 12.2. The van der Waals surface area contributed by atoms with Gasteiger partial charge in [0.15, 0.2) is 0 Å². The average Bonchev–Trinajstić information content (AvgIpc) is 2.37. The van der Waals surface area contributed by atoms with Crippen LogP contribution in [0.5, 0.6) is 0 Å². The number of hydrogen-bond donors (Lipinski definition) is 2. The van der Waals surface area contributed by atoms with E-state index in [1.807, 2.05) is 18.5 Å². The highest BCUT2D eigenvalue weighted by atomic mass is 15.2. The normalized spacial score (nSPS) is 15.1. The van der Waals surface area contributed by atoms with Crippen molar-refractivity contribution in [1.82, 2.24) is 15.3 Å². The number of aromatic nitrogens is 2. The van der Waals surface area contributed by atoms with Crippen LogP contribution in [-0.4, -0.2) is 29.1 Å². The van der Waals surface area contributed by atoms with E-state index in [4.69, 9.17) is 0 Å². The van der Waals surface area contributed by atoms with Gasteiger partial charge in [-0.05, 0) is 11.1 Å². The molecule has 0 unspecified atom stereocenters. The Balaban J connectivity index is 1.63. The first-order chi connectivity index (χ1) is 8.90. The fourth-order valence-electron chi connectivity index (χ4n) is 1.93. The summed E-state index contributed by atoms with van der Waals surface area (Å²) in [5, 5.41) is 6.49. The van der Waals surface area contributed by atoms with Crippen molar-refractivity contribution in [2.24, 2.45) is 0 Å². The maximum absolute atomic E-state index is 4.35. The Kier molecular flexibility index (Phi) is 3.19. The SMILES string of the molecule is c1ccc(Cc2cnc(NC3CNC3)nc2)cc1. The van der Waals surface area contributed by atoms with Crippen LogP contribution >= 0.6 is 0 Å². The molecule has 4 heteroatoms. The smallest absolute Gasteiger partial charge is 0.222 e. The molecule has 4 nitrogen and oxygen atoms in total. The quantitative estimate of drug-likeness (QED) is 0.849. The summed E-state index contributed by atoms with van der Waals surface area (Å²) < 4.78 is 0. The van der Waals surface area contributed by atoms with Crippen LogP contribution in [-0.2, 0) is 6.42 Å². The lowest BCUT2D eigenvalue weighted by molar-refractivity contribution is 0.469. The van der Waals surface area contributed by atoms with Crippen LogP contribution in [0.1, 0.15) is 11.1 Å². The molecule has 0 aliphatic carbocycles. The van der Waals surface area contributed by atoms with Crippen molar-refractivity contribution in [2.45, 2.75) is 12.5 Å². The van der Waals surface area contributed by atoms with Gasteiger partial charge in [-0.2, -0.15) is 0 Å². The monoisotopic (exact) mass is 240 g/mol. The van der Waals surface area contributed by atoms with Crippen LogP contribution in [0.15, 0.2) is 42.7 Å². The highest BCUT2D eigenvalue weighted by Crippen LogP contribution is 2.09. The second-order valence-electron chi connectivity index (χ2n) is 4.58. The lowest BCUT2D eigenvalue weighted by Gasteiger charge is -2.27. The molecular weight excluding hydrogens is 224 g/mol. The molecule has 0 atom stereocenters. The van der Waals surface area contributed by atoms with Crippen molar-refractivity contribution in [3.8, 4) is 0 Å². The molecule has 3 rings (SSSR count). The number of hydrogen-bond acceptors (Lipinski definition) is 4. The molecule has 1 aromatic heterocycles. The third-order valence-corrected chi connectivity index (χ3v) is 3.07. The summed E-state index contributed by atoms with van der Waals surface area (Å²) in [4.78, 5) is 8.69. The van der Waals surface area contributed by atoms with Crippen LogP contribution in [0.4, 0.5) is 5.95 Å². The average molecular weight is 240 g/mol. The lowest BCUT2D eigenvalue weighted by Crippen LogP contribution is -2.51. The summed E-state index contributed by atoms with van der Waals surface area (Å²) in [6, 6.07) is 10.8. The predicted molar refractivity (Wildman–Crippen MR) is 71.6 cm³/mol. The minimum atomic E-state index is 0.477. The van der Waals surface area contributed by atoms with Crippen LogP contribution in [0.25, 0.3) is 0 Å². The third-order valence-electron chi connectivity index (χ3n) is 3.07. The molecule has 0 amide bonds. The minimum Gasteiger partial charge on any atom is -0.349 e. The Morgan fingerprint density at radius 2 is 1.78 bits per heavy atom. The largest absolute Gasteiger partial charge is 0.349 e. The molecule has 2 heterocycles. The van der Waals surface area contributed by atoms with Gasteiger partial charge < -0.3 is 10.6 Å². The molecule has 1 aliphatic heterocycles. The molecule has 0 bridgehead atoms. The van der Waals surface area contributed by atoms with Gasteiger partial charge >= 0.3 is 0 Å². The second-order valence-corrected chi connectivity index (χ2v) is 4.58. The van der Waals surface area contributed by atoms with E-state index in [1.165, 1.54) is 5.56 Å². The molecule has 0 spiro atoms. The zero-order valence-electron chi connectivity index (χ0n) is 10.1. The standard InChI is InChI=1S/C14H16N4/c1-2-4-11(5-3-1)6-12-7-16-14(17-8-12)18-13-9-15-10-13/h1-5,7-8,13,15H,6,9-10H2,(H,16,17,18). The summed E-state index contributed by atoms with van der Waals surface area (Å²) >= 11 is 0. The van der Waals surface area contributed by atoms with Gasteiger partial charge in [0.2, 0.25) is 5.95 Å². The predicted octanol–water partition coefficient (Wildman–Crippen LogP) is 1.45. The van der Waals surface area contributed by atoms with Crippen LogP contribution in [0, 0.1) is 0 Å². The van der Waals surface area contributed by atoms with Crippen molar-refractivity contribution in [2.75, 3.05) is 18.4 Å². The van der Waals surface area contributed by atoms with Crippen molar-refractivity contribution in [1.29, 1.82) is 0 Å². The number of benzene rings is 1. The fourth-order valence-corrected chi connectivity index (χ4v) is 1.93. The van der Waals surface area contributed by atoms with Crippen molar-refractivity contribution < 1.29 is 0 Å². The Bertz CT molecular complexity index is 491. The maximum atomic E-state index is 4.35. The van der Waals surface area contributed by atoms with E-state index in [-0.39, 0.29) is 0 Å². The van der Waals surface area contributed by atoms with Gasteiger partial charge in [-0.25, -0.2) is 9.97 Å². The van der Waals surface area contributed by atoms with Gasteiger partial charge in [0.05, 0.1) is 6.04 Å². The minimum absolute atomic E-state index is 0.477. The fraction of sp³-hybridized carbons (Fsp3) is 0.286. The van der Waals surface area contributed by atoms with Crippen LogP contribution in [0.3, 0.4) is 0 Å². The summed E-state index contributed by atoms with van der Waals surface area (Å²) in [5.41, 5.74) is 2.42. The first-order valence-electron chi connectivity index (χ1n) is 6.22. The number of nitrogens with one attached hydrogen (secondary N) is 2.